The zero-order valence-electron chi connectivity index (χ0n) is 12.6. The van der Waals surface area contributed by atoms with Gasteiger partial charge in [0.15, 0.2) is 0 Å². The molecule has 0 heterocycles. The average Bonchev–Trinajstić information content (AvgIpc) is 2.49. The first kappa shape index (κ1) is 15.8. The van der Waals surface area contributed by atoms with Crippen LogP contribution in [-0.4, -0.2) is 13.7 Å². The van der Waals surface area contributed by atoms with Crippen LogP contribution in [0.4, 0.5) is 0 Å². The van der Waals surface area contributed by atoms with Gasteiger partial charge in [-0.1, -0.05) is 42.1 Å². The van der Waals surface area contributed by atoms with Crippen molar-refractivity contribution in [3.05, 3.63) is 28.2 Å². The Kier molecular flexibility index (Phi) is 5.50. The highest BCUT2D eigenvalue weighted by Gasteiger charge is 2.35. The summed E-state index contributed by atoms with van der Waals surface area (Å²) in [6.07, 6.45) is 7.54. The molecule has 2 rings (SSSR count). The van der Waals surface area contributed by atoms with Gasteiger partial charge in [-0.25, -0.2) is 0 Å². The molecule has 2 atom stereocenters. The molecular formula is C17H26BrNO. The van der Waals surface area contributed by atoms with Gasteiger partial charge in [-0.2, -0.15) is 0 Å². The highest BCUT2D eigenvalue weighted by Crippen LogP contribution is 2.43. The Hall–Kier alpha value is -0.540. The molecule has 20 heavy (non-hydrogen) atoms. The highest BCUT2D eigenvalue weighted by molar-refractivity contribution is 9.10. The third kappa shape index (κ3) is 3.56. The summed E-state index contributed by atoms with van der Waals surface area (Å²) < 4.78 is 6.53. The first-order valence-corrected chi connectivity index (χ1v) is 8.44. The first-order chi connectivity index (χ1) is 9.62. The van der Waals surface area contributed by atoms with Gasteiger partial charge >= 0.3 is 0 Å². The second-order valence-corrected chi connectivity index (χ2v) is 7.06. The van der Waals surface area contributed by atoms with Crippen LogP contribution < -0.4 is 10.5 Å². The Balaban J connectivity index is 2.21. The van der Waals surface area contributed by atoms with Gasteiger partial charge in [0.2, 0.25) is 0 Å². The maximum atomic E-state index is 6.18. The van der Waals surface area contributed by atoms with Gasteiger partial charge in [0.25, 0.3) is 0 Å². The zero-order valence-corrected chi connectivity index (χ0v) is 14.2. The van der Waals surface area contributed by atoms with E-state index in [0.29, 0.717) is 0 Å². The second kappa shape index (κ2) is 6.95. The van der Waals surface area contributed by atoms with Crippen LogP contribution >= 0.6 is 15.9 Å². The van der Waals surface area contributed by atoms with Gasteiger partial charge in [-0.3, -0.25) is 0 Å². The molecule has 2 nitrogen and oxygen atoms in total. The molecule has 1 aromatic rings. The fourth-order valence-electron chi connectivity index (χ4n) is 3.57. The van der Waals surface area contributed by atoms with Crippen molar-refractivity contribution in [2.45, 2.75) is 45.4 Å². The molecule has 0 spiro atoms. The molecule has 2 N–H and O–H groups in total. The third-order valence-corrected chi connectivity index (χ3v) is 5.64. The van der Waals surface area contributed by atoms with E-state index in [9.17, 15) is 0 Å². The smallest absolute Gasteiger partial charge is 0.119 e. The fraction of sp³-hybridized carbons (Fsp3) is 0.647. The Morgan fingerprint density at radius 3 is 2.90 bits per heavy atom. The largest absolute Gasteiger partial charge is 0.497 e. The van der Waals surface area contributed by atoms with Crippen molar-refractivity contribution in [3.8, 4) is 5.75 Å². The number of hydrogen-bond donors (Lipinski definition) is 1. The number of rotatable bonds is 5. The van der Waals surface area contributed by atoms with Crippen molar-refractivity contribution >= 4 is 15.9 Å². The molecule has 1 aliphatic carbocycles. The predicted molar refractivity (Wildman–Crippen MR) is 88.1 cm³/mol. The van der Waals surface area contributed by atoms with Crippen molar-refractivity contribution in [3.63, 3.8) is 0 Å². The summed E-state index contributed by atoms with van der Waals surface area (Å²) in [5.41, 5.74) is 7.77. The van der Waals surface area contributed by atoms with Crippen LogP contribution in [0.2, 0.25) is 0 Å². The van der Waals surface area contributed by atoms with Gasteiger partial charge in [-0.05, 0) is 60.9 Å². The van der Waals surface area contributed by atoms with Crippen LogP contribution in [0, 0.1) is 11.3 Å². The van der Waals surface area contributed by atoms with E-state index in [4.69, 9.17) is 10.5 Å². The molecule has 1 fully saturated rings. The summed E-state index contributed by atoms with van der Waals surface area (Å²) in [7, 11) is 1.72. The molecule has 2 unspecified atom stereocenters. The molecule has 0 bridgehead atoms. The SMILES string of the molecule is CCC1CCCC(CN)(Cc2cc(OC)ccc2Br)C1. The standard InChI is InChI=1S/C17H26BrNO/c1-3-13-5-4-8-17(10-13,12-19)11-14-9-15(20-2)6-7-16(14)18/h6-7,9,13H,3-5,8,10-12,19H2,1-2H3. The summed E-state index contributed by atoms with van der Waals surface area (Å²) in [6, 6.07) is 6.23. The monoisotopic (exact) mass is 339 g/mol. The van der Waals surface area contributed by atoms with Gasteiger partial charge in [-0.15, -0.1) is 0 Å². The average molecular weight is 340 g/mol. The minimum absolute atomic E-state index is 0.272. The van der Waals surface area contributed by atoms with E-state index in [2.05, 4.69) is 35.0 Å². The molecule has 0 aromatic heterocycles. The van der Waals surface area contributed by atoms with E-state index in [1.807, 2.05) is 6.07 Å². The lowest BCUT2D eigenvalue weighted by molar-refractivity contribution is 0.142. The molecule has 0 aliphatic heterocycles. The maximum Gasteiger partial charge on any atom is 0.119 e. The summed E-state index contributed by atoms with van der Waals surface area (Å²) in [4.78, 5) is 0. The fourth-order valence-corrected chi connectivity index (χ4v) is 3.95. The molecule has 1 saturated carbocycles. The van der Waals surface area contributed by atoms with E-state index in [0.717, 1.165) is 24.6 Å². The lowest BCUT2D eigenvalue weighted by Gasteiger charge is -2.40. The molecule has 0 radical (unpaired) electrons. The van der Waals surface area contributed by atoms with Crippen molar-refractivity contribution in [2.75, 3.05) is 13.7 Å². The number of methoxy groups -OCH3 is 1. The molecule has 1 aromatic carbocycles. The molecule has 3 heteroatoms. The Bertz CT molecular complexity index is 449. The number of nitrogens with two attached hydrogens (primary N) is 1. The van der Waals surface area contributed by atoms with E-state index in [1.54, 1.807) is 7.11 Å². The van der Waals surface area contributed by atoms with E-state index in [-0.39, 0.29) is 5.41 Å². The van der Waals surface area contributed by atoms with Crippen LogP contribution in [0.25, 0.3) is 0 Å². The molecule has 1 aliphatic rings. The van der Waals surface area contributed by atoms with E-state index in [1.165, 1.54) is 42.1 Å². The number of ether oxygens (including phenoxy) is 1. The van der Waals surface area contributed by atoms with Crippen LogP contribution in [-0.2, 0) is 6.42 Å². The molecule has 0 saturated heterocycles. The van der Waals surface area contributed by atoms with Crippen LogP contribution in [0.15, 0.2) is 22.7 Å². The minimum Gasteiger partial charge on any atom is -0.497 e. The minimum atomic E-state index is 0.272. The lowest BCUT2D eigenvalue weighted by Crippen LogP contribution is -2.37. The summed E-state index contributed by atoms with van der Waals surface area (Å²) in [5.74, 6) is 1.77. The Morgan fingerprint density at radius 2 is 2.25 bits per heavy atom. The topological polar surface area (TPSA) is 35.2 Å². The second-order valence-electron chi connectivity index (χ2n) is 6.21. The normalized spacial score (nSPS) is 26.5. The van der Waals surface area contributed by atoms with Crippen LogP contribution in [0.1, 0.15) is 44.6 Å². The van der Waals surface area contributed by atoms with Crippen LogP contribution in [0.5, 0.6) is 5.75 Å². The maximum absolute atomic E-state index is 6.18. The summed E-state index contributed by atoms with van der Waals surface area (Å²) in [5, 5.41) is 0. The summed E-state index contributed by atoms with van der Waals surface area (Å²) >= 11 is 3.68. The van der Waals surface area contributed by atoms with Crippen molar-refractivity contribution < 1.29 is 4.74 Å². The zero-order chi connectivity index (χ0) is 14.6. The number of hydrogen-bond acceptors (Lipinski definition) is 2. The molecule has 0 amide bonds. The lowest BCUT2D eigenvalue weighted by atomic mass is 9.66. The Labute approximate surface area is 131 Å². The van der Waals surface area contributed by atoms with E-state index < -0.39 is 0 Å². The number of halogens is 1. The molecule has 112 valence electrons. The quantitative estimate of drug-likeness (QED) is 0.854. The van der Waals surface area contributed by atoms with Gasteiger partial charge in [0.1, 0.15) is 5.75 Å². The highest BCUT2D eigenvalue weighted by atomic mass is 79.9. The summed E-state index contributed by atoms with van der Waals surface area (Å²) in [6.45, 7) is 3.09. The van der Waals surface area contributed by atoms with Crippen LogP contribution in [0.3, 0.4) is 0 Å². The first-order valence-electron chi connectivity index (χ1n) is 7.65. The third-order valence-electron chi connectivity index (χ3n) is 4.87. The van der Waals surface area contributed by atoms with Crippen molar-refractivity contribution in [1.29, 1.82) is 0 Å². The van der Waals surface area contributed by atoms with Gasteiger partial charge < -0.3 is 10.5 Å². The van der Waals surface area contributed by atoms with Crippen molar-refractivity contribution in [1.82, 2.24) is 0 Å². The van der Waals surface area contributed by atoms with Gasteiger partial charge in [0.05, 0.1) is 7.11 Å². The Morgan fingerprint density at radius 1 is 1.45 bits per heavy atom. The predicted octanol–water partition coefficient (Wildman–Crippen LogP) is 4.55. The van der Waals surface area contributed by atoms with E-state index >= 15 is 0 Å². The van der Waals surface area contributed by atoms with Crippen molar-refractivity contribution in [2.24, 2.45) is 17.1 Å². The number of benzene rings is 1. The van der Waals surface area contributed by atoms with Gasteiger partial charge in [0, 0.05) is 4.47 Å². The molecular weight excluding hydrogens is 314 g/mol.